The van der Waals surface area contributed by atoms with Gasteiger partial charge in [0.2, 0.25) is 0 Å². The molecule has 0 unspecified atom stereocenters. The third-order valence-electron chi connectivity index (χ3n) is 4.27. The largest absolute Gasteiger partial charge is 0.334 e. The minimum Gasteiger partial charge on any atom is -0.334 e. The number of hydrogen-bond acceptors (Lipinski definition) is 2. The Bertz CT molecular complexity index is 839. The minimum atomic E-state index is 0.0432. The van der Waals surface area contributed by atoms with Gasteiger partial charge in [0.1, 0.15) is 0 Å². The van der Waals surface area contributed by atoms with Crippen molar-refractivity contribution in [2.75, 3.05) is 6.54 Å². The van der Waals surface area contributed by atoms with Crippen LogP contribution >= 0.6 is 0 Å². The zero-order chi connectivity index (χ0) is 15.6. The lowest BCUT2D eigenvalue weighted by Gasteiger charge is -2.28. The Morgan fingerprint density at radius 2 is 1.70 bits per heavy atom. The van der Waals surface area contributed by atoms with E-state index in [4.69, 9.17) is 0 Å². The van der Waals surface area contributed by atoms with Gasteiger partial charge in [0.05, 0.1) is 17.4 Å². The van der Waals surface area contributed by atoms with E-state index in [2.05, 4.69) is 23.3 Å². The van der Waals surface area contributed by atoms with Crippen LogP contribution < -0.4 is 0 Å². The van der Waals surface area contributed by atoms with Crippen molar-refractivity contribution >= 4 is 5.91 Å². The third-order valence-corrected chi connectivity index (χ3v) is 4.27. The van der Waals surface area contributed by atoms with Gasteiger partial charge in [0.25, 0.3) is 5.91 Å². The van der Waals surface area contributed by atoms with Gasteiger partial charge in [0.15, 0.2) is 0 Å². The molecule has 114 valence electrons. The van der Waals surface area contributed by atoms with Gasteiger partial charge in [-0.15, -0.1) is 0 Å². The molecule has 3 aromatic rings. The van der Waals surface area contributed by atoms with E-state index < -0.39 is 0 Å². The van der Waals surface area contributed by atoms with E-state index in [1.54, 1.807) is 17.1 Å². The molecule has 2 aromatic carbocycles. The summed E-state index contributed by atoms with van der Waals surface area (Å²) in [5.74, 6) is 0.0432. The lowest BCUT2D eigenvalue weighted by molar-refractivity contribution is 0.0734. The fourth-order valence-corrected chi connectivity index (χ4v) is 3.01. The Kier molecular flexibility index (Phi) is 3.42. The molecule has 1 aliphatic rings. The van der Waals surface area contributed by atoms with Gasteiger partial charge in [-0.2, -0.15) is 5.10 Å². The summed E-state index contributed by atoms with van der Waals surface area (Å²) in [4.78, 5) is 14.6. The molecule has 2 heterocycles. The second-order valence-electron chi connectivity index (χ2n) is 5.75. The number of nitrogens with zero attached hydrogens (tertiary/aromatic N) is 3. The first-order valence-corrected chi connectivity index (χ1v) is 7.77. The van der Waals surface area contributed by atoms with Crippen molar-refractivity contribution in [3.05, 3.63) is 83.7 Å². The highest BCUT2D eigenvalue weighted by molar-refractivity contribution is 5.94. The average Bonchev–Trinajstić information content (AvgIpc) is 3.11. The summed E-state index contributed by atoms with van der Waals surface area (Å²) in [7, 11) is 0. The van der Waals surface area contributed by atoms with Gasteiger partial charge in [-0.1, -0.05) is 42.5 Å². The molecule has 1 aliphatic heterocycles. The first kappa shape index (κ1) is 13.8. The zero-order valence-corrected chi connectivity index (χ0v) is 12.7. The third kappa shape index (κ3) is 2.63. The highest BCUT2D eigenvalue weighted by Gasteiger charge is 2.22. The lowest BCUT2D eigenvalue weighted by atomic mass is 9.99. The predicted molar refractivity (Wildman–Crippen MR) is 88.5 cm³/mol. The first-order chi connectivity index (χ1) is 11.3. The van der Waals surface area contributed by atoms with Gasteiger partial charge in [0, 0.05) is 19.3 Å². The van der Waals surface area contributed by atoms with Gasteiger partial charge < -0.3 is 4.90 Å². The fraction of sp³-hybridized carbons (Fsp3) is 0.158. The topological polar surface area (TPSA) is 38.1 Å². The van der Waals surface area contributed by atoms with Crippen LogP contribution in [-0.4, -0.2) is 27.1 Å². The van der Waals surface area contributed by atoms with Crippen LogP contribution in [0.5, 0.6) is 0 Å². The summed E-state index contributed by atoms with van der Waals surface area (Å²) in [6.45, 7) is 1.43. The standard InChI is InChI=1S/C19H17N3O/c23-19(21-11-10-15-6-4-5-7-16(15)13-21)17-12-20-22(14-17)18-8-2-1-3-9-18/h1-9,12,14H,10-11,13H2. The molecular formula is C19H17N3O. The number of carbonyl (C=O) groups excluding carboxylic acids is 1. The minimum absolute atomic E-state index is 0.0432. The van der Waals surface area contributed by atoms with E-state index >= 15 is 0 Å². The van der Waals surface area contributed by atoms with Crippen LogP contribution in [0.1, 0.15) is 21.5 Å². The Balaban J connectivity index is 1.55. The van der Waals surface area contributed by atoms with Gasteiger partial charge in [-0.3, -0.25) is 4.79 Å². The summed E-state index contributed by atoms with van der Waals surface area (Å²) in [6, 6.07) is 18.1. The molecule has 4 rings (SSSR count). The summed E-state index contributed by atoms with van der Waals surface area (Å²) < 4.78 is 1.74. The number of hydrogen-bond donors (Lipinski definition) is 0. The number of para-hydroxylation sites is 1. The number of aromatic nitrogens is 2. The van der Waals surface area contributed by atoms with Gasteiger partial charge >= 0.3 is 0 Å². The molecule has 1 amide bonds. The number of carbonyl (C=O) groups is 1. The Morgan fingerprint density at radius 3 is 2.52 bits per heavy atom. The van der Waals surface area contributed by atoms with Gasteiger partial charge in [-0.25, -0.2) is 4.68 Å². The summed E-state index contributed by atoms with van der Waals surface area (Å²) in [5.41, 5.74) is 4.17. The van der Waals surface area contributed by atoms with Crippen LogP contribution in [0.4, 0.5) is 0 Å². The molecule has 0 aliphatic carbocycles. The van der Waals surface area contributed by atoms with Crippen molar-refractivity contribution in [2.24, 2.45) is 0 Å². The molecule has 0 bridgehead atoms. The van der Waals surface area contributed by atoms with Crippen LogP contribution in [0.15, 0.2) is 67.0 Å². The second-order valence-corrected chi connectivity index (χ2v) is 5.75. The predicted octanol–water partition coefficient (Wildman–Crippen LogP) is 3.07. The number of fused-ring (bicyclic) bond motifs is 1. The maximum absolute atomic E-state index is 12.7. The molecule has 4 nitrogen and oxygen atoms in total. The van der Waals surface area contributed by atoms with Crippen LogP contribution in [0, 0.1) is 0 Å². The SMILES string of the molecule is O=C(c1cnn(-c2ccccc2)c1)N1CCc2ccccc2C1. The highest BCUT2D eigenvalue weighted by Crippen LogP contribution is 2.20. The van der Waals surface area contributed by atoms with Crippen molar-refractivity contribution in [1.82, 2.24) is 14.7 Å². The van der Waals surface area contributed by atoms with Crippen molar-refractivity contribution in [2.45, 2.75) is 13.0 Å². The lowest BCUT2D eigenvalue weighted by Crippen LogP contribution is -2.35. The van der Waals surface area contributed by atoms with Crippen LogP contribution in [0.25, 0.3) is 5.69 Å². The molecule has 0 fully saturated rings. The number of amides is 1. The Morgan fingerprint density at radius 1 is 0.957 bits per heavy atom. The highest BCUT2D eigenvalue weighted by atomic mass is 16.2. The first-order valence-electron chi connectivity index (χ1n) is 7.77. The molecule has 0 radical (unpaired) electrons. The van der Waals surface area contributed by atoms with E-state index in [0.29, 0.717) is 12.1 Å². The molecule has 0 N–H and O–H groups in total. The Hall–Kier alpha value is -2.88. The number of benzene rings is 2. The van der Waals surface area contributed by atoms with Gasteiger partial charge in [-0.05, 0) is 29.7 Å². The molecule has 0 saturated carbocycles. The normalized spacial score (nSPS) is 13.7. The van der Waals surface area contributed by atoms with Crippen LogP contribution in [0.3, 0.4) is 0 Å². The molecule has 0 spiro atoms. The number of rotatable bonds is 2. The Labute approximate surface area is 135 Å². The molecule has 0 saturated heterocycles. The van der Waals surface area contributed by atoms with E-state index in [9.17, 15) is 4.79 Å². The average molecular weight is 303 g/mol. The van der Waals surface area contributed by atoms with E-state index in [-0.39, 0.29) is 5.91 Å². The fourth-order valence-electron chi connectivity index (χ4n) is 3.01. The van der Waals surface area contributed by atoms with E-state index in [0.717, 1.165) is 18.7 Å². The summed E-state index contributed by atoms with van der Waals surface area (Å²) in [6.07, 6.45) is 4.36. The smallest absolute Gasteiger partial charge is 0.257 e. The van der Waals surface area contributed by atoms with Crippen LogP contribution in [-0.2, 0) is 13.0 Å². The van der Waals surface area contributed by atoms with Crippen molar-refractivity contribution in [1.29, 1.82) is 0 Å². The maximum atomic E-state index is 12.7. The van der Waals surface area contributed by atoms with E-state index in [1.807, 2.05) is 41.3 Å². The van der Waals surface area contributed by atoms with Crippen molar-refractivity contribution in [3.63, 3.8) is 0 Å². The molecule has 4 heteroatoms. The summed E-state index contributed by atoms with van der Waals surface area (Å²) in [5, 5.41) is 4.32. The molecule has 0 atom stereocenters. The maximum Gasteiger partial charge on any atom is 0.257 e. The summed E-state index contributed by atoms with van der Waals surface area (Å²) >= 11 is 0. The van der Waals surface area contributed by atoms with Crippen LogP contribution in [0.2, 0.25) is 0 Å². The van der Waals surface area contributed by atoms with Crippen molar-refractivity contribution in [3.8, 4) is 5.69 Å². The quantitative estimate of drug-likeness (QED) is 0.730. The molecular weight excluding hydrogens is 286 g/mol. The zero-order valence-electron chi connectivity index (χ0n) is 12.7. The molecule has 1 aromatic heterocycles. The van der Waals surface area contributed by atoms with Crippen molar-refractivity contribution < 1.29 is 4.79 Å². The second kappa shape index (κ2) is 5.72. The van der Waals surface area contributed by atoms with E-state index in [1.165, 1.54) is 11.1 Å². The molecule has 23 heavy (non-hydrogen) atoms. The monoisotopic (exact) mass is 303 g/mol.